The van der Waals surface area contributed by atoms with Gasteiger partial charge in [-0.2, -0.15) is 11.8 Å². The van der Waals surface area contributed by atoms with Crippen molar-refractivity contribution in [2.24, 2.45) is 0 Å². The molecule has 1 atom stereocenters. The molecule has 1 unspecified atom stereocenters. The standard InChI is InChI=1S/C9H19NO3S/c1-10(6-8(11)7-13-2)9(12)4-5-14-3/h8,11H,4-7H2,1-3H3. The van der Waals surface area contributed by atoms with Crippen molar-refractivity contribution in [1.29, 1.82) is 0 Å². The molecule has 5 heteroatoms. The Morgan fingerprint density at radius 3 is 2.79 bits per heavy atom. The maximum Gasteiger partial charge on any atom is 0.223 e. The monoisotopic (exact) mass is 221 g/mol. The van der Waals surface area contributed by atoms with Crippen molar-refractivity contribution in [1.82, 2.24) is 4.90 Å². The molecule has 0 rings (SSSR count). The first-order chi connectivity index (χ1) is 6.61. The Morgan fingerprint density at radius 2 is 2.29 bits per heavy atom. The molecule has 0 saturated heterocycles. The second kappa shape index (κ2) is 8.08. The van der Waals surface area contributed by atoms with Gasteiger partial charge in [0.2, 0.25) is 5.91 Å². The summed E-state index contributed by atoms with van der Waals surface area (Å²) >= 11 is 1.64. The van der Waals surface area contributed by atoms with Crippen LogP contribution >= 0.6 is 11.8 Å². The fraction of sp³-hybridized carbons (Fsp3) is 0.889. The maximum absolute atomic E-state index is 11.4. The number of carbonyl (C=O) groups is 1. The Hall–Kier alpha value is -0.260. The van der Waals surface area contributed by atoms with Gasteiger partial charge in [-0.15, -0.1) is 0 Å². The summed E-state index contributed by atoms with van der Waals surface area (Å²) in [6, 6.07) is 0. The van der Waals surface area contributed by atoms with Crippen LogP contribution in [0, 0.1) is 0 Å². The Morgan fingerprint density at radius 1 is 1.64 bits per heavy atom. The van der Waals surface area contributed by atoms with Crippen LogP contribution in [0.15, 0.2) is 0 Å². The molecule has 0 spiro atoms. The number of amides is 1. The topological polar surface area (TPSA) is 49.8 Å². The summed E-state index contributed by atoms with van der Waals surface area (Å²) in [5.41, 5.74) is 0. The van der Waals surface area contributed by atoms with Gasteiger partial charge in [0.05, 0.1) is 12.7 Å². The molecule has 1 N–H and O–H groups in total. The summed E-state index contributed by atoms with van der Waals surface area (Å²) in [7, 11) is 3.22. The summed E-state index contributed by atoms with van der Waals surface area (Å²) < 4.78 is 4.77. The van der Waals surface area contributed by atoms with E-state index < -0.39 is 6.10 Å². The van der Waals surface area contributed by atoms with Gasteiger partial charge in [-0.25, -0.2) is 0 Å². The highest BCUT2D eigenvalue weighted by Gasteiger charge is 2.12. The van der Waals surface area contributed by atoms with Gasteiger partial charge in [0, 0.05) is 32.9 Å². The highest BCUT2D eigenvalue weighted by Crippen LogP contribution is 2.00. The quantitative estimate of drug-likeness (QED) is 0.667. The molecule has 0 aliphatic rings. The smallest absolute Gasteiger partial charge is 0.223 e. The number of hydrogen-bond donors (Lipinski definition) is 1. The van der Waals surface area contributed by atoms with Crippen LogP contribution in [0.2, 0.25) is 0 Å². The van der Waals surface area contributed by atoms with E-state index in [1.807, 2.05) is 6.26 Å². The number of carbonyl (C=O) groups excluding carboxylic acids is 1. The fourth-order valence-corrected chi connectivity index (χ4v) is 1.42. The summed E-state index contributed by atoms with van der Waals surface area (Å²) in [5, 5.41) is 9.37. The van der Waals surface area contributed by atoms with Crippen molar-refractivity contribution in [2.45, 2.75) is 12.5 Å². The van der Waals surface area contributed by atoms with Crippen LogP contribution in [-0.4, -0.2) is 61.3 Å². The van der Waals surface area contributed by atoms with Gasteiger partial charge in [-0.3, -0.25) is 4.79 Å². The molecular formula is C9H19NO3S. The molecule has 0 aliphatic heterocycles. The molecule has 0 aromatic carbocycles. The minimum absolute atomic E-state index is 0.0644. The Bertz CT molecular complexity index is 166. The molecular weight excluding hydrogens is 202 g/mol. The van der Waals surface area contributed by atoms with Crippen LogP contribution < -0.4 is 0 Å². The van der Waals surface area contributed by atoms with E-state index in [9.17, 15) is 9.90 Å². The number of thioether (sulfide) groups is 1. The van der Waals surface area contributed by atoms with E-state index in [1.54, 1.807) is 23.7 Å². The van der Waals surface area contributed by atoms with Crippen LogP contribution in [0.3, 0.4) is 0 Å². The first-order valence-electron chi connectivity index (χ1n) is 4.51. The SMILES string of the molecule is COCC(O)CN(C)C(=O)CCSC. The lowest BCUT2D eigenvalue weighted by molar-refractivity contribution is -0.131. The van der Waals surface area contributed by atoms with Crippen LogP contribution in [0.1, 0.15) is 6.42 Å². The van der Waals surface area contributed by atoms with Crippen LogP contribution in [0.5, 0.6) is 0 Å². The van der Waals surface area contributed by atoms with Gasteiger partial charge in [-0.1, -0.05) is 0 Å². The van der Waals surface area contributed by atoms with Crippen LogP contribution in [-0.2, 0) is 9.53 Å². The molecule has 0 aromatic heterocycles. The minimum Gasteiger partial charge on any atom is -0.389 e. The van der Waals surface area contributed by atoms with E-state index in [-0.39, 0.29) is 12.5 Å². The highest BCUT2D eigenvalue weighted by molar-refractivity contribution is 7.98. The zero-order valence-electron chi connectivity index (χ0n) is 9.02. The van der Waals surface area contributed by atoms with Crippen molar-refractivity contribution in [2.75, 3.05) is 39.3 Å². The third-order valence-electron chi connectivity index (χ3n) is 1.79. The first kappa shape index (κ1) is 13.7. The molecule has 84 valence electrons. The van der Waals surface area contributed by atoms with Gasteiger partial charge in [0.1, 0.15) is 0 Å². The first-order valence-corrected chi connectivity index (χ1v) is 5.91. The maximum atomic E-state index is 11.4. The Kier molecular flexibility index (Phi) is 7.93. The number of rotatable bonds is 7. The Labute approximate surface area is 89.6 Å². The van der Waals surface area contributed by atoms with E-state index >= 15 is 0 Å². The molecule has 0 heterocycles. The summed E-state index contributed by atoms with van der Waals surface area (Å²) in [6.45, 7) is 0.598. The lowest BCUT2D eigenvalue weighted by Crippen LogP contribution is -2.36. The predicted molar refractivity (Wildman–Crippen MR) is 58.5 cm³/mol. The highest BCUT2D eigenvalue weighted by atomic mass is 32.2. The molecule has 14 heavy (non-hydrogen) atoms. The van der Waals surface area contributed by atoms with Gasteiger partial charge in [0.25, 0.3) is 0 Å². The third-order valence-corrected chi connectivity index (χ3v) is 2.40. The molecule has 1 amide bonds. The molecule has 0 aromatic rings. The van der Waals surface area contributed by atoms with E-state index in [0.717, 1.165) is 5.75 Å². The molecule has 0 fully saturated rings. The summed E-state index contributed by atoms with van der Waals surface area (Å²) in [4.78, 5) is 12.9. The molecule has 0 saturated carbocycles. The normalized spacial score (nSPS) is 12.6. The van der Waals surface area contributed by atoms with Crippen molar-refractivity contribution in [3.05, 3.63) is 0 Å². The van der Waals surface area contributed by atoms with Crippen molar-refractivity contribution in [3.63, 3.8) is 0 Å². The van der Waals surface area contributed by atoms with E-state index in [1.165, 1.54) is 7.11 Å². The van der Waals surface area contributed by atoms with E-state index in [0.29, 0.717) is 13.0 Å². The number of methoxy groups -OCH3 is 1. The molecule has 4 nitrogen and oxygen atoms in total. The van der Waals surface area contributed by atoms with Gasteiger partial charge in [0.15, 0.2) is 0 Å². The summed E-state index contributed by atoms with van der Waals surface area (Å²) in [5.74, 6) is 0.887. The van der Waals surface area contributed by atoms with Gasteiger partial charge < -0.3 is 14.7 Å². The zero-order chi connectivity index (χ0) is 11.0. The number of aliphatic hydroxyl groups excluding tert-OH is 1. The van der Waals surface area contributed by atoms with Gasteiger partial charge in [-0.05, 0) is 6.26 Å². The fourth-order valence-electron chi connectivity index (χ4n) is 1.04. The number of nitrogens with zero attached hydrogens (tertiary/aromatic N) is 1. The minimum atomic E-state index is -0.594. The van der Waals surface area contributed by atoms with Crippen LogP contribution in [0.25, 0.3) is 0 Å². The Balaban J connectivity index is 3.70. The third kappa shape index (κ3) is 6.23. The molecule has 0 radical (unpaired) electrons. The molecule has 0 bridgehead atoms. The zero-order valence-corrected chi connectivity index (χ0v) is 9.84. The number of hydrogen-bond acceptors (Lipinski definition) is 4. The lowest BCUT2D eigenvalue weighted by atomic mass is 10.3. The number of ether oxygens (including phenoxy) is 1. The van der Waals surface area contributed by atoms with E-state index in [2.05, 4.69) is 0 Å². The van der Waals surface area contributed by atoms with Crippen LogP contribution in [0.4, 0.5) is 0 Å². The number of likely N-dealkylation sites (N-methyl/N-ethyl adjacent to an activating group) is 1. The predicted octanol–water partition coefficient (Wildman–Crippen LogP) is 0.205. The van der Waals surface area contributed by atoms with E-state index in [4.69, 9.17) is 4.74 Å². The molecule has 0 aliphatic carbocycles. The van der Waals surface area contributed by atoms with Crippen molar-refractivity contribution in [3.8, 4) is 0 Å². The number of aliphatic hydroxyl groups is 1. The second-order valence-electron chi connectivity index (χ2n) is 3.13. The van der Waals surface area contributed by atoms with Crippen molar-refractivity contribution >= 4 is 17.7 Å². The largest absolute Gasteiger partial charge is 0.389 e. The second-order valence-corrected chi connectivity index (χ2v) is 4.11. The average Bonchev–Trinajstić information content (AvgIpc) is 2.14. The van der Waals surface area contributed by atoms with Gasteiger partial charge >= 0.3 is 0 Å². The average molecular weight is 221 g/mol. The summed E-state index contributed by atoms with van der Waals surface area (Å²) in [6.07, 6.45) is 1.90. The lowest BCUT2D eigenvalue weighted by Gasteiger charge is -2.20. The van der Waals surface area contributed by atoms with Crippen molar-refractivity contribution < 1.29 is 14.6 Å².